The van der Waals surface area contributed by atoms with Crippen molar-refractivity contribution in [2.75, 3.05) is 0 Å². The lowest BCUT2D eigenvalue weighted by atomic mass is 10.0. The third-order valence-electron chi connectivity index (χ3n) is 12.0. The fraction of sp³-hybridized carbons (Fsp3) is 0. The van der Waals surface area contributed by atoms with E-state index in [4.69, 9.17) is 19.9 Å². The number of rotatable bonds is 4. The molecule has 0 radical (unpaired) electrons. The molecule has 0 aliphatic heterocycles. The van der Waals surface area contributed by atoms with Crippen LogP contribution >= 0.6 is 11.3 Å². The van der Waals surface area contributed by atoms with Crippen LogP contribution in [0.2, 0.25) is 0 Å². The number of hydrogen-bond donors (Lipinski definition) is 0. The zero-order valence-electron chi connectivity index (χ0n) is 32.0. The topological polar surface area (TPSA) is 56.0 Å². The van der Waals surface area contributed by atoms with Gasteiger partial charge in [0.2, 0.25) is 0 Å². The summed E-state index contributed by atoms with van der Waals surface area (Å²) < 4.78 is 4.80. The smallest absolute Gasteiger partial charge is 0.164 e. The van der Waals surface area contributed by atoms with Crippen LogP contribution in [0.5, 0.6) is 0 Å². The maximum Gasteiger partial charge on any atom is 0.164 e. The Hall–Kier alpha value is -7.80. The summed E-state index contributed by atoms with van der Waals surface area (Å²) in [5, 5.41) is 11.9. The second-order valence-electron chi connectivity index (χ2n) is 15.5. The van der Waals surface area contributed by atoms with Gasteiger partial charge in [0.05, 0.1) is 21.4 Å². The highest BCUT2D eigenvalue weighted by atomic mass is 32.1. The molecule has 0 aliphatic carbocycles. The van der Waals surface area contributed by atoms with Crippen molar-refractivity contribution in [3.05, 3.63) is 188 Å². The van der Waals surface area contributed by atoms with Crippen LogP contribution in [0.25, 0.3) is 125 Å². The number of fused-ring (bicyclic) bond motifs is 12. The minimum atomic E-state index is 0.624. The van der Waals surface area contributed by atoms with Gasteiger partial charge in [-0.15, -0.1) is 11.3 Å². The van der Waals surface area contributed by atoms with E-state index in [1.54, 1.807) is 0 Å². The van der Waals surface area contributed by atoms with Crippen LogP contribution < -0.4 is 0 Å². The fourth-order valence-corrected chi connectivity index (χ4v) is 10.1. The Morgan fingerprint density at radius 2 is 0.867 bits per heavy atom. The van der Waals surface area contributed by atoms with Gasteiger partial charge < -0.3 is 0 Å². The molecule has 278 valence electrons. The summed E-state index contributed by atoms with van der Waals surface area (Å²) in [6, 6.07) is 66.9. The Labute approximate surface area is 347 Å². The minimum Gasteiger partial charge on any atom is -0.291 e. The molecule has 0 fully saturated rings. The molecule has 0 unspecified atom stereocenters. The van der Waals surface area contributed by atoms with Gasteiger partial charge in [0.15, 0.2) is 23.1 Å². The normalized spacial score (nSPS) is 12.0. The lowest BCUT2D eigenvalue weighted by Gasteiger charge is -2.11. The maximum atomic E-state index is 5.49. The van der Waals surface area contributed by atoms with E-state index >= 15 is 0 Å². The van der Waals surface area contributed by atoms with Crippen LogP contribution in [-0.4, -0.2) is 24.3 Å². The van der Waals surface area contributed by atoms with E-state index in [2.05, 4.69) is 192 Å². The monoisotopic (exact) mass is 781 g/mol. The molecule has 0 N–H and O–H groups in total. The minimum absolute atomic E-state index is 0.624. The van der Waals surface area contributed by atoms with Gasteiger partial charge in [-0.1, -0.05) is 146 Å². The van der Waals surface area contributed by atoms with E-state index in [0.717, 1.165) is 60.8 Å². The van der Waals surface area contributed by atoms with E-state index in [9.17, 15) is 0 Å². The summed E-state index contributed by atoms with van der Waals surface area (Å²) in [5.74, 6) is 1.90. The molecular formula is C54H31N5S. The number of pyridine rings is 1. The summed E-state index contributed by atoms with van der Waals surface area (Å²) in [4.78, 5) is 20.8. The van der Waals surface area contributed by atoms with Crippen molar-refractivity contribution in [2.24, 2.45) is 0 Å². The van der Waals surface area contributed by atoms with E-state index in [0.29, 0.717) is 17.5 Å². The van der Waals surface area contributed by atoms with Crippen LogP contribution in [0.1, 0.15) is 0 Å². The van der Waals surface area contributed by atoms with Crippen molar-refractivity contribution in [1.82, 2.24) is 24.3 Å². The lowest BCUT2D eigenvalue weighted by molar-refractivity contribution is 1.07. The molecule has 4 aromatic heterocycles. The number of imidazole rings is 1. The maximum absolute atomic E-state index is 5.49. The molecule has 0 amide bonds. The molecule has 5 nitrogen and oxygen atoms in total. The molecule has 13 aromatic rings. The van der Waals surface area contributed by atoms with E-state index in [1.807, 2.05) is 11.3 Å². The molecule has 6 heteroatoms. The van der Waals surface area contributed by atoms with Crippen molar-refractivity contribution in [2.45, 2.75) is 0 Å². The van der Waals surface area contributed by atoms with E-state index in [-0.39, 0.29) is 0 Å². The second-order valence-corrected chi connectivity index (χ2v) is 16.6. The molecule has 4 heterocycles. The number of aromatic nitrogens is 5. The Morgan fingerprint density at radius 3 is 1.53 bits per heavy atom. The van der Waals surface area contributed by atoms with Gasteiger partial charge in [-0.2, -0.15) is 0 Å². The molecule has 0 saturated heterocycles. The third-order valence-corrected chi connectivity index (χ3v) is 13.1. The van der Waals surface area contributed by atoms with Crippen molar-refractivity contribution in [1.29, 1.82) is 0 Å². The zero-order valence-corrected chi connectivity index (χ0v) is 32.9. The molecule has 0 aliphatic rings. The quantitative estimate of drug-likeness (QED) is 0.167. The van der Waals surface area contributed by atoms with Crippen LogP contribution in [0.3, 0.4) is 0 Å². The Morgan fingerprint density at radius 1 is 0.350 bits per heavy atom. The SMILES string of the molecule is c1ccc2cc(-c3nc(-c4ccc(-c5cc6c7ccccc7sc6c6nc7c8cc9ccccc9cc8ccc7n56)cc4)nc(-c4ccc5ccccc5c4)n3)ccc2c1. The highest BCUT2D eigenvalue weighted by molar-refractivity contribution is 7.26. The Kier molecular flexibility index (Phi) is 7.11. The van der Waals surface area contributed by atoms with Crippen LogP contribution in [-0.2, 0) is 0 Å². The van der Waals surface area contributed by atoms with Crippen molar-refractivity contribution < 1.29 is 0 Å². The van der Waals surface area contributed by atoms with E-state index < -0.39 is 0 Å². The average Bonchev–Trinajstić information content (AvgIpc) is 3.90. The number of benzene rings is 9. The molecule has 0 atom stereocenters. The molecule has 0 saturated carbocycles. The van der Waals surface area contributed by atoms with Crippen LogP contribution in [0.4, 0.5) is 0 Å². The first-order valence-electron chi connectivity index (χ1n) is 20.1. The van der Waals surface area contributed by atoms with Gasteiger partial charge in [-0.05, 0) is 85.7 Å². The predicted octanol–water partition coefficient (Wildman–Crippen LogP) is 14.3. The summed E-state index contributed by atoms with van der Waals surface area (Å²) >= 11 is 1.81. The Bertz CT molecular complexity index is 3800. The van der Waals surface area contributed by atoms with Gasteiger partial charge in [-0.25, -0.2) is 19.9 Å². The van der Waals surface area contributed by atoms with Crippen molar-refractivity contribution in [3.63, 3.8) is 0 Å². The number of nitrogens with zero attached hydrogens (tertiary/aromatic N) is 5. The average molecular weight is 782 g/mol. The number of thiophene rings is 1. The van der Waals surface area contributed by atoms with Gasteiger partial charge in [0.25, 0.3) is 0 Å². The summed E-state index contributed by atoms with van der Waals surface area (Å²) in [6.45, 7) is 0. The summed E-state index contributed by atoms with van der Waals surface area (Å²) in [5.41, 5.74) is 8.04. The fourth-order valence-electron chi connectivity index (χ4n) is 8.95. The molecular weight excluding hydrogens is 751 g/mol. The molecule has 0 bridgehead atoms. The zero-order chi connectivity index (χ0) is 39.3. The highest BCUT2D eigenvalue weighted by Crippen LogP contribution is 2.42. The van der Waals surface area contributed by atoms with Gasteiger partial charge in [-0.3, -0.25) is 4.40 Å². The predicted molar refractivity (Wildman–Crippen MR) is 251 cm³/mol. The van der Waals surface area contributed by atoms with Crippen LogP contribution in [0, 0.1) is 0 Å². The first kappa shape index (κ1) is 33.2. The first-order valence-corrected chi connectivity index (χ1v) is 20.9. The third kappa shape index (κ3) is 5.18. The number of hydrogen-bond acceptors (Lipinski definition) is 5. The highest BCUT2D eigenvalue weighted by Gasteiger charge is 2.20. The lowest BCUT2D eigenvalue weighted by Crippen LogP contribution is -2.00. The van der Waals surface area contributed by atoms with Crippen molar-refractivity contribution >= 4 is 91.3 Å². The van der Waals surface area contributed by atoms with Gasteiger partial charge in [0, 0.05) is 37.5 Å². The second kappa shape index (κ2) is 12.9. The summed E-state index contributed by atoms with van der Waals surface area (Å²) in [6.07, 6.45) is 0. The Balaban J connectivity index is 1.00. The van der Waals surface area contributed by atoms with Gasteiger partial charge >= 0.3 is 0 Å². The van der Waals surface area contributed by atoms with Crippen molar-refractivity contribution in [3.8, 4) is 45.4 Å². The molecule has 13 rings (SSSR count). The summed E-state index contributed by atoms with van der Waals surface area (Å²) in [7, 11) is 0. The molecule has 60 heavy (non-hydrogen) atoms. The largest absolute Gasteiger partial charge is 0.291 e. The van der Waals surface area contributed by atoms with Crippen LogP contribution in [0.15, 0.2) is 188 Å². The molecule has 0 spiro atoms. The van der Waals surface area contributed by atoms with E-state index in [1.165, 1.54) is 47.1 Å². The standard InChI is InChI=1S/C54H31N5S/c1-3-11-36-28-41(23-17-32(36)9-1)52-56-51(57-53(58-52)42-24-18-33-10-2-4-12-37(33)29-42)35-21-19-34(20-22-35)47-31-45-43-15-7-8-16-48(43)60-50(45)54-55-49-44-30-39-14-6-5-13-38(39)27-40(44)25-26-46(49)59(47)54/h1-31H. The molecule has 9 aromatic carbocycles. The first-order chi connectivity index (χ1) is 29.7. The van der Waals surface area contributed by atoms with Gasteiger partial charge in [0.1, 0.15) is 0 Å².